The summed E-state index contributed by atoms with van der Waals surface area (Å²) in [6.45, 7) is 2.78. The van der Waals surface area contributed by atoms with E-state index in [0.717, 1.165) is 17.2 Å². The number of hydrogen-bond donors (Lipinski definition) is 1. The van der Waals surface area contributed by atoms with E-state index in [1.54, 1.807) is 38.7 Å². The Kier molecular flexibility index (Phi) is 7.95. The molecule has 2 amide bonds. The van der Waals surface area contributed by atoms with Crippen molar-refractivity contribution in [1.82, 2.24) is 24.6 Å². The fourth-order valence-corrected chi connectivity index (χ4v) is 4.79. The van der Waals surface area contributed by atoms with Crippen LogP contribution in [0.1, 0.15) is 45.6 Å². The van der Waals surface area contributed by atoms with Crippen LogP contribution >= 0.6 is 0 Å². The van der Waals surface area contributed by atoms with Crippen LogP contribution in [-0.2, 0) is 24.4 Å². The van der Waals surface area contributed by atoms with E-state index in [-0.39, 0.29) is 40.8 Å². The summed E-state index contributed by atoms with van der Waals surface area (Å²) in [6.07, 6.45) is 3.34. The third-order valence-electron chi connectivity index (χ3n) is 7.16. The van der Waals surface area contributed by atoms with E-state index < -0.39 is 17.5 Å². The lowest BCUT2D eigenvalue weighted by Crippen LogP contribution is -2.48. The molecule has 1 aliphatic rings. The molecule has 0 bridgehead atoms. The Bertz CT molecular complexity index is 1640. The minimum atomic E-state index is -0.875. The van der Waals surface area contributed by atoms with Gasteiger partial charge in [-0.05, 0) is 29.3 Å². The molecule has 212 valence electrons. The van der Waals surface area contributed by atoms with Gasteiger partial charge in [0.05, 0.1) is 31.5 Å². The van der Waals surface area contributed by atoms with E-state index in [4.69, 9.17) is 4.74 Å². The summed E-state index contributed by atoms with van der Waals surface area (Å²) in [6, 6.07) is 15.0. The highest BCUT2D eigenvalue weighted by Crippen LogP contribution is 2.29. The van der Waals surface area contributed by atoms with Gasteiger partial charge in [0.2, 0.25) is 5.91 Å². The van der Waals surface area contributed by atoms with Crippen molar-refractivity contribution in [3.8, 4) is 5.75 Å². The number of carbonyl (C=O) groups excluding carboxylic acids is 2. The van der Waals surface area contributed by atoms with Gasteiger partial charge in [0.25, 0.3) is 11.5 Å². The first-order valence-electron chi connectivity index (χ1n) is 13.1. The van der Waals surface area contributed by atoms with Crippen LogP contribution in [0, 0.1) is 11.6 Å². The average molecular weight is 562 g/mol. The third-order valence-corrected chi connectivity index (χ3v) is 7.16. The number of benzene rings is 2. The Labute approximate surface area is 235 Å². The molecule has 0 atom stereocenters. The normalized spacial score (nSPS) is 13.1. The number of amides is 2. The number of ether oxygens (including phenoxy) is 1. The number of aromatic nitrogens is 3. The standard InChI is InChI=1S/C30H29F2N5O4/c1-19(38)36-16-22(17-36)29-24(30(40)33-13-23-25(31)10-11-26(41-2)28(23)32)18-37(34-29)15-21-8-6-20(7-9-21)14-35-12-4-3-5-27(35)39/h3-12,18,22H,13-17H2,1-2H3,(H,33,40). The van der Waals surface area contributed by atoms with Crippen LogP contribution in [0.2, 0.25) is 0 Å². The Morgan fingerprint density at radius 1 is 1.02 bits per heavy atom. The lowest BCUT2D eigenvalue weighted by molar-refractivity contribution is -0.133. The van der Waals surface area contributed by atoms with Gasteiger partial charge in [0, 0.05) is 56.5 Å². The second-order valence-electron chi connectivity index (χ2n) is 9.95. The van der Waals surface area contributed by atoms with Gasteiger partial charge in [0.15, 0.2) is 11.6 Å². The van der Waals surface area contributed by atoms with Gasteiger partial charge in [-0.2, -0.15) is 5.10 Å². The van der Waals surface area contributed by atoms with Crippen LogP contribution in [0.15, 0.2) is 71.8 Å². The van der Waals surface area contributed by atoms with Gasteiger partial charge < -0.3 is 19.5 Å². The molecule has 5 rings (SSSR count). The van der Waals surface area contributed by atoms with Crippen molar-refractivity contribution >= 4 is 11.8 Å². The molecule has 4 aromatic rings. The Hall–Kier alpha value is -4.80. The first-order chi connectivity index (χ1) is 19.7. The van der Waals surface area contributed by atoms with Gasteiger partial charge in [-0.3, -0.25) is 19.1 Å². The topological polar surface area (TPSA) is 98.5 Å². The van der Waals surface area contributed by atoms with Crippen molar-refractivity contribution in [3.05, 3.63) is 117 Å². The van der Waals surface area contributed by atoms with Crippen molar-refractivity contribution in [2.75, 3.05) is 20.2 Å². The summed E-state index contributed by atoms with van der Waals surface area (Å²) >= 11 is 0. The number of methoxy groups -OCH3 is 1. The highest BCUT2D eigenvalue weighted by Gasteiger charge is 2.35. The molecule has 1 saturated heterocycles. The van der Waals surface area contributed by atoms with Crippen LogP contribution in [0.3, 0.4) is 0 Å². The number of nitrogens with zero attached hydrogens (tertiary/aromatic N) is 4. The van der Waals surface area contributed by atoms with Crippen LogP contribution in [0.4, 0.5) is 8.78 Å². The maximum atomic E-state index is 14.6. The summed E-state index contributed by atoms with van der Waals surface area (Å²) < 4.78 is 37.1. The Morgan fingerprint density at radius 3 is 2.39 bits per heavy atom. The number of rotatable bonds is 9. The van der Waals surface area contributed by atoms with Gasteiger partial charge in [0.1, 0.15) is 5.82 Å². The van der Waals surface area contributed by atoms with Crippen LogP contribution in [0.5, 0.6) is 5.75 Å². The summed E-state index contributed by atoms with van der Waals surface area (Å²) in [5, 5.41) is 7.27. The predicted molar refractivity (Wildman–Crippen MR) is 147 cm³/mol. The van der Waals surface area contributed by atoms with E-state index in [1.807, 2.05) is 24.3 Å². The molecule has 3 heterocycles. The molecule has 11 heteroatoms. The quantitative estimate of drug-likeness (QED) is 0.338. The zero-order valence-corrected chi connectivity index (χ0v) is 22.6. The lowest BCUT2D eigenvalue weighted by Gasteiger charge is -2.38. The fraction of sp³-hybridized carbons (Fsp3) is 0.267. The molecule has 9 nitrogen and oxygen atoms in total. The van der Waals surface area contributed by atoms with Gasteiger partial charge in [-0.1, -0.05) is 30.3 Å². The molecule has 0 saturated carbocycles. The second kappa shape index (κ2) is 11.7. The maximum Gasteiger partial charge on any atom is 0.255 e. The minimum Gasteiger partial charge on any atom is -0.494 e. The Morgan fingerprint density at radius 2 is 1.73 bits per heavy atom. The molecule has 1 fully saturated rings. The minimum absolute atomic E-state index is 0.0616. The summed E-state index contributed by atoms with van der Waals surface area (Å²) in [7, 11) is 1.28. The van der Waals surface area contributed by atoms with Crippen LogP contribution < -0.4 is 15.6 Å². The van der Waals surface area contributed by atoms with E-state index in [2.05, 4.69) is 10.4 Å². The number of pyridine rings is 1. The number of nitrogens with one attached hydrogen (secondary N) is 1. The first-order valence-corrected chi connectivity index (χ1v) is 13.1. The molecule has 2 aromatic carbocycles. The highest BCUT2D eigenvalue weighted by molar-refractivity contribution is 5.95. The second-order valence-corrected chi connectivity index (χ2v) is 9.95. The highest BCUT2D eigenvalue weighted by atomic mass is 19.1. The van der Waals surface area contributed by atoms with Crippen molar-refractivity contribution in [2.24, 2.45) is 0 Å². The monoisotopic (exact) mass is 561 g/mol. The SMILES string of the molecule is COc1ccc(F)c(CNC(=O)c2cn(Cc3ccc(Cn4ccccc4=O)cc3)nc2C2CN(C(C)=O)C2)c1F. The third kappa shape index (κ3) is 6.03. The molecular formula is C30H29F2N5O4. The number of halogens is 2. The molecule has 0 spiro atoms. The lowest BCUT2D eigenvalue weighted by atomic mass is 9.93. The van der Waals surface area contributed by atoms with Gasteiger partial charge in [-0.15, -0.1) is 0 Å². The largest absolute Gasteiger partial charge is 0.494 e. The Balaban J connectivity index is 1.34. The van der Waals surface area contributed by atoms with Crippen LogP contribution in [-0.4, -0.2) is 51.3 Å². The first kappa shape index (κ1) is 27.8. The molecule has 1 aliphatic heterocycles. The summed E-state index contributed by atoms with van der Waals surface area (Å²) in [4.78, 5) is 38.6. The maximum absolute atomic E-state index is 14.6. The average Bonchev–Trinajstić information content (AvgIpc) is 3.33. The summed E-state index contributed by atoms with van der Waals surface area (Å²) in [5.41, 5.74) is 2.29. The molecular weight excluding hydrogens is 532 g/mol. The number of likely N-dealkylation sites (tertiary alicyclic amines) is 1. The van der Waals surface area contributed by atoms with E-state index >= 15 is 0 Å². The van der Waals surface area contributed by atoms with Crippen molar-refractivity contribution < 1.29 is 23.1 Å². The van der Waals surface area contributed by atoms with Crippen molar-refractivity contribution in [1.29, 1.82) is 0 Å². The van der Waals surface area contributed by atoms with Gasteiger partial charge >= 0.3 is 0 Å². The van der Waals surface area contributed by atoms with Gasteiger partial charge in [-0.25, -0.2) is 8.78 Å². The molecule has 2 aromatic heterocycles. The van der Waals surface area contributed by atoms with Crippen molar-refractivity contribution in [3.63, 3.8) is 0 Å². The summed E-state index contributed by atoms with van der Waals surface area (Å²) in [5.74, 6) is -2.52. The smallest absolute Gasteiger partial charge is 0.255 e. The van der Waals surface area contributed by atoms with E-state index in [0.29, 0.717) is 31.9 Å². The molecule has 0 unspecified atom stereocenters. The van der Waals surface area contributed by atoms with E-state index in [1.165, 1.54) is 26.2 Å². The zero-order chi connectivity index (χ0) is 29.1. The zero-order valence-electron chi connectivity index (χ0n) is 22.6. The molecule has 0 radical (unpaired) electrons. The molecule has 41 heavy (non-hydrogen) atoms. The van der Waals surface area contributed by atoms with E-state index in [9.17, 15) is 23.2 Å². The number of carbonyl (C=O) groups is 2. The predicted octanol–water partition coefficient (Wildman–Crippen LogP) is 3.30. The fourth-order valence-electron chi connectivity index (χ4n) is 4.79. The molecule has 0 aliphatic carbocycles. The number of hydrogen-bond acceptors (Lipinski definition) is 5. The van der Waals surface area contributed by atoms with Crippen LogP contribution in [0.25, 0.3) is 0 Å². The molecule has 1 N–H and O–H groups in total. The van der Waals surface area contributed by atoms with Crippen molar-refractivity contribution in [2.45, 2.75) is 32.5 Å².